The van der Waals surface area contributed by atoms with Crippen molar-refractivity contribution in [3.63, 3.8) is 0 Å². The lowest BCUT2D eigenvalue weighted by Gasteiger charge is -2.14. The molecule has 1 unspecified atom stereocenters. The highest BCUT2D eigenvalue weighted by Gasteiger charge is 2.24. The molecule has 0 spiro atoms. The Hall–Kier alpha value is -3.20. The lowest BCUT2D eigenvalue weighted by Crippen LogP contribution is -2.27. The molecular weight excluding hydrogens is 344 g/mol. The van der Waals surface area contributed by atoms with E-state index in [-0.39, 0.29) is 11.9 Å². The van der Waals surface area contributed by atoms with Gasteiger partial charge < -0.3 is 5.32 Å². The van der Waals surface area contributed by atoms with Crippen LogP contribution in [0.25, 0.3) is 17.3 Å². The molecule has 0 saturated heterocycles. The molecule has 0 saturated carbocycles. The molecular formula is C25H24N2O. The molecule has 1 amide bonds. The second-order valence-electron chi connectivity index (χ2n) is 7.14. The van der Waals surface area contributed by atoms with Crippen LogP contribution in [0.2, 0.25) is 0 Å². The molecule has 3 nitrogen and oxygen atoms in total. The van der Waals surface area contributed by atoms with Crippen LogP contribution in [-0.4, -0.2) is 10.9 Å². The fraction of sp³-hybridized carbons (Fsp3) is 0.200. The number of rotatable bonds is 5. The Morgan fingerprint density at radius 1 is 1.18 bits per heavy atom. The number of nitrogens with one attached hydrogen (secondary N) is 1. The van der Waals surface area contributed by atoms with Gasteiger partial charge in [0.2, 0.25) is 0 Å². The molecule has 1 aromatic heterocycles. The predicted octanol–water partition coefficient (Wildman–Crippen LogP) is 5.37. The van der Waals surface area contributed by atoms with Crippen molar-refractivity contribution in [2.24, 2.45) is 0 Å². The minimum atomic E-state index is -0.123. The van der Waals surface area contributed by atoms with E-state index in [1.807, 2.05) is 30.3 Å². The maximum Gasteiger partial charge on any atom is 0.270 e. The molecule has 3 aromatic rings. The van der Waals surface area contributed by atoms with E-state index in [1.165, 1.54) is 16.7 Å². The van der Waals surface area contributed by atoms with E-state index < -0.39 is 0 Å². The van der Waals surface area contributed by atoms with Gasteiger partial charge >= 0.3 is 0 Å². The Morgan fingerprint density at radius 2 is 2.04 bits per heavy atom. The largest absolute Gasteiger partial charge is 0.344 e. The standard InChI is InChI=1S/C25H24N2O/c1-3-17-12-13-20(16-18(17)4-2)22-10-7-11-24(26-22)25(28)27-23-15-14-19-8-5-6-9-21(19)23/h3,5-13,16,23H,1,4,14-15H2,2H3,(H,27,28). The summed E-state index contributed by atoms with van der Waals surface area (Å²) in [5.41, 5.74) is 7.19. The van der Waals surface area contributed by atoms with Crippen LogP contribution in [0.3, 0.4) is 0 Å². The number of pyridine rings is 1. The van der Waals surface area contributed by atoms with E-state index in [9.17, 15) is 4.79 Å². The number of amides is 1. The smallest absolute Gasteiger partial charge is 0.270 e. The Bertz CT molecular complexity index is 1040. The molecule has 3 heteroatoms. The highest BCUT2D eigenvalue weighted by atomic mass is 16.1. The van der Waals surface area contributed by atoms with Crippen molar-refractivity contribution in [3.8, 4) is 11.3 Å². The molecule has 28 heavy (non-hydrogen) atoms. The number of benzene rings is 2. The Labute approximate surface area is 166 Å². The summed E-state index contributed by atoms with van der Waals surface area (Å²) in [5, 5.41) is 3.16. The van der Waals surface area contributed by atoms with Crippen molar-refractivity contribution in [2.75, 3.05) is 0 Å². The van der Waals surface area contributed by atoms with Crippen LogP contribution in [0.1, 0.15) is 52.1 Å². The topological polar surface area (TPSA) is 42.0 Å². The van der Waals surface area contributed by atoms with Gasteiger partial charge in [0.25, 0.3) is 5.91 Å². The second kappa shape index (κ2) is 7.81. The summed E-state index contributed by atoms with van der Waals surface area (Å²) in [6.45, 7) is 6.00. The monoisotopic (exact) mass is 368 g/mol. The first kappa shape index (κ1) is 18.2. The van der Waals surface area contributed by atoms with Gasteiger partial charge in [-0.25, -0.2) is 4.98 Å². The normalized spacial score (nSPS) is 15.1. The van der Waals surface area contributed by atoms with E-state index in [4.69, 9.17) is 0 Å². The van der Waals surface area contributed by atoms with Crippen LogP contribution in [-0.2, 0) is 12.8 Å². The van der Waals surface area contributed by atoms with Gasteiger partial charge in [0.15, 0.2) is 0 Å². The zero-order valence-corrected chi connectivity index (χ0v) is 16.1. The van der Waals surface area contributed by atoms with Crippen LogP contribution in [0.15, 0.2) is 67.2 Å². The predicted molar refractivity (Wildman–Crippen MR) is 114 cm³/mol. The van der Waals surface area contributed by atoms with Crippen molar-refractivity contribution < 1.29 is 4.79 Å². The molecule has 1 heterocycles. The summed E-state index contributed by atoms with van der Waals surface area (Å²) < 4.78 is 0. The van der Waals surface area contributed by atoms with Gasteiger partial charge in [0.05, 0.1) is 11.7 Å². The molecule has 4 rings (SSSR count). The van der Waals surface area contributed by atoms with E-state index in [0.717, 1.165) is 36.1 Å². The van der Waals surface area contributed by atoms with Crippen LogP contribution < -0.4 is 5.32 Å². The first-order valence-corrected chi connectivity index (χ1v) is 9.81. The Morgan fingerprint density at radius 3 is 2.86 bits per heavy atom. The van der Waals surface area contributed by atoms with Gasteiger partial charge in [-0.1, -0.05) is 62.0 Å². The van der Waals surface area contributed by atoms with Gasteiger partial charge in [-0.3, -0.25) is 4.79 Å². The minimum Gasteiger partial charge on any atom is -0.344 e. The molecule has 0 fully saturated rings. The van der Waals surface area contributed by atoms with E-state index in [1.54, 1.807) is 6.07 Å². The van der Waals surface area contributed by atoms with Gasteiger partial charge in [-0.05, 0) is 59.7 Å². The van der Waals surface area contributed by atoms with Gasteiger partial charge in [0.1, 0.15) is 5.69 Å². The van der Waals surface area contributed by atoms with Crippen LogP contribution in [0.5, 0.6) is 0 Å². The summed E-state index contributed by atoms with van der Waals surface area (Å²) in [4.78, 5) is 17.5. The van der Waals surface area contributed by atoms with Crippen LogP contribution >= 0.6 is 0 Å². The minimum absolute atomic E-state index is 0.0627. The fourth-order valence-corrected chi connectivity index (χ4v) is 3.93. The van der Waals surface area contributed by atoms with Crippen molar-refractivity contribution in [1.82, 2.24) is 10.3 Å². The first-order chi connectivity index (χ1) is 13.7. The summed E-state index contributed by atoms with van der Waals surface area (Å²) in [7, 11) is 0. The number of fused-ring (bicyclic) bond motifs is 1. The maximum absolute atomic E-state index is 12.8. The highest BCUT2D eigenvalue weighted by Crippen LogP contribution is 2.31. The summed E-state index contributed by atoms with van der Waals surface area (Å²) >= 11 is 0. The van der Waals surface area contributed by atoms with Crippen molar-refractivity contribution >= 4 is 12.0 Å². The average Bonchev–Trinajstić information content (AvgIpc) is 3.16. The van der Waals surface area contributed by atoms with Crippen molar-refractivity contribution in [2.45, 2.75) is 32.2 Å². The third kappa shape index (κ3) is 3.48. The number of aryl methyl sites for hydroxylation is 2. The second-order valence-corrected chi connectivity index (χ2v) is 7.14. The molecule has 1 N–H and O–H groups in total. The van der Waals surface area contributed by atoms with Crippen molar-refractivity contribution in [1.29, 1.82) is 0 Å². The third-order valence-corrected chi connectivity index (χ3v) is 5.46. The van der Waals surface area contributed by atoms with E-state index in [0.29, 0.717) is 5.69 Å². The van der Waals surface area contributed by atoms with Crippen LogP contribution in [0, 0.1) is 0 Å². The van der Waals surface area contributed by atoms with Crippen LogP contribution in [0.4, 0.5) is 0 Å². The summed E-state index contributed by atoms with van der Waals surface area (Å²) in [6, 6.07) is 20.2. The Balaban J connectivity index is 1.57. The lowest BCUT2D eigenvalue weighted by atomic mass is 10.00. The molecule has 1 aliphatic rings. The molecule has 0 bridgehead atoms. The quantitative estimate of drug-likeness (QED) is 0.658. The highest BCUT2D eigenvalue weighted by molar-refractivity contribution is 5.93. The summed E-state index contributed by atoms with van der Waals surface area (Å²) in [5.74, 6) is -0.123. The summed E-state index contributed by atoms with van der Waals surface area (Å²) in [6.07, 6.45) is 4.74. The molecule has 1 aliphatic carbocycles. The maximum atomic E-state index is 12.8. The van der Waals surface area contributed by atoms with Gasteiger partial charge in [-0.2, -0.15) is 0 Å². The average molecular weight is 368 g/mol. The van der Waals surface area contributed by atoms with Crippen molar-refractivity contribution in [3.05, 3.63) is 95.2 Å². The zero-order valence-electron chi connectivity index (χ0n) is 16.1. The van der Waals surface area contributed by atoms with E-state index in [2.05, 4.69) is 54.1 Å². The van der Waals surface area contributed by atoms with Gasteiger partial charge in [0, 0.05) is 5.56 Å². The van der Waals surface area contributed by atoms with E-state index >= 15 is 0 Å². The number of hydrogen-bond donors (Lipinski definition) is 1. The molecule has 1 atom stereocenters. The lowest BCUT2D eigenvalue weighted by molar-refractivity contribution is 0.0932. The fourth-order valence-electron chi connectivity index (χ4n) is 3.93. The molecule has 0 radical (unpaired) electrons. The Kier molecular flexibility index (Phi) is 5.07. The zero-order chi connectivity index (χ0) is 19.5. The number of hydrogen-bond acceptors (Lipinski definition) is 2. The number of aromatic nitrogens is 1. The molecule has 140 valence electrons. The number of carbonyl (C=O) groups excluding carboxylic acids is 1. The third-order valence-electron chi connectivity index (χ3n) is 5.46. The molecule has 0 aliphatic heterocycles. The first-order valence-electron chi connectivity index (χ1n) is 9.81. The number of carbonyl (C=O) groups is 1. The SMILES string of the molecule is C=Cc1ccc(-c2cccc(C(=O)NC3CCc4ccccc43)n2)cc1CC. The number of nitrogens with zero attached hydrogens (tertiary/aromatic N) is 1. The molecule has 2 aromatic carbocycles. The van der Waals surface area contributed by atoms with Gasteiger partial charge in [-0.15, -0.1) is 0 Å².